The van der Waals surface area contributed by atoms with Gasteiger partial charge in [0.25, 0.3) is 0 Å². The molecule has 5 aromatic rings. The van der Waals surface area contributed by atoms with Crippen molar-refractivity contribution < 1.29 is 9.53 Å². The lowest BCUT2D eigenvalue weighted by Crippen LogP contribution is -2.37. The summed E-state index contributed by atoms with van der Waals surface area (Å²) in [6.07, 6.45) is 5.78. The lowest BCUT2D eigenvalue weighted by Gasteiger charge is -2.32. The molecular weight excluding hydrogens is 588 g/mol. The first kappa shape index (κ1) is 30.8. The predicted molar refractivity (Wildman–Crippen MR) is 186 cm³/mol. The van der Waals surface area contributed by atoms with Crippen LogP contribution in [0.5, 0.6) is 0 Å². The molecule has 10 nitrogen and oxygen atoms in total. The summed E-state index contributed by atoms with van der Waals surface area (Å²) in [5.74, 6) is 1.55. The van der Waals surface area contributed by atoms with Crippen LogP contribution in [0.25, 0.3) is 22.4 Å². The number of hydrogen-bond donors (Lipinski definition) is 2. The first-order valence-electron chi connectivity index (χ1n) is 16.7. The standard InChI is InChI=1S/C37H42N8O2/c46-37(38-19-7-12-28-8-3-1-4-9-28)40-31-15-13-30(14-16-31)34-41-35(44-22-24-47-25-23-44)33-26-39-45(36(33)42-34)32-17-20-43(21-18-32)27-29-10-5-2-6-11-29/h1-6,8-11,13-16,26,32H,7,12,17-25,27H2,(H2,38,40,46). The van der Waals surface area contributed by atoms with Crippen molar-refractivity contribution in [1.29, 1.82) is 0 Å². The molecule has 2 aromatic heterocycles. The summed E-state index contributed by atoms with van der Waals surface area (Å²) >= 11 is 0. The number of ether oxygens (including phenoxy) is 1. The zero-order valence-electron chi connectivity index (χ0n) is 26.7. The van der Waals surface area contributed by atoms with Gasteiger partial charge in [-0.1, -0.05) is 60.7 Å². The van der Waals surface area contributed by atoms with E-state index in [9.17, 15) is 4.79 Å². The van der Waals surface area contributed by atoms with E-state index in [4.69, 9.17) is 19.8 Å². The second-order valence-corrected chi connectivity index (χ2v) is 12.3. The van der Waals surface area contributed by atoms with E-state index in [-0.39, 0.29) is 12.1 Å². The number of carbonyl (C=O) groups excluding carboxylic acids is 1. The summed E-state index contributed by atoms with van der Waals surface area (Å²) in [6.45, 7) is 6.51. The minimum Gasteiger partial charge on any atom is -0.378 e. The summed E-state index contributed by atoms with van der Waals surface area (Å²) in [4.78, 5) is 27.5. The fraction of sp³-hybridized carbons (Fsp3) is 0.351. The lowest BCUT2D eigenvalue weighted by molar-refractivity contribution is 0.122. The molecule has 2 fully saturated rings. The van der Waals surface area contributed by atoms with Crippen LogP contribution in [0, 0.1) is 0 Å². The smallest absolute Gasteiger partial charge is 0.319 e. The van der Waals surface area contributed by atoms with Gasteiger partial charge in [0, 0.05) is 50.5 Å². The number of rotatable bonds is 10. The van der Waals surface area contributed by atoms with Gasteiger partial charge in [-0.3, -0.25) is 4.90 Å². The van der Waals surface area contributed by atoms with E-state index in [1.54, 1.807) is 0 Å². The molecule has 3 aromatic carbocycles. The van der Waals surface area contributed by atoms with Crippen molar-refractivity contribution in [2.75, 3.05) is 56.2 Å². The average molecular weight is 631 g/mol. The van der Waals surface area contributed by atoms with E-state index < -0.39 is 0 Å². The van der Waals surface area contributed by atoms with E-state index in [0.29, 0.717) is 25.6 Å². The Balaban J connectivity index is 1.05. The number of carbonyl (C=O) groups is 1. The largest absolute Gasteiger partial charge is 0.378 e. The van der Waals surface area contributed by atoms with E-state index >= 15 is 0 Å². The summed E-state index contributed by atoms with van der Waals surface area (Å²) in [5.41, 5.74) is 5.10. The van der Waals surface area contributed by atoms with Crippen LogP contribution < -0.4 is 15.5 Å². The first-order chi connectivity index (χ1) is 23.2. The number of urea groups is 1. The summed E-state index contributed by atoms with van der Waals surface area (Å²) < 4.78 is 7.77. The van der Waals surface area contributed by atoms with Gasteiger partial charge < -0.3 is 20.3 Å². The van der Waals surface area contributed by atoms with Crippen molar-refractivity contribution in [2.24, 2.45) is 0 Å². The Morgan fingerprint density at radius 3 is 2.26 bits per heavy atom. The van der Waals surface area contributed by atoms with Crippen LogP contribution in [-0.4, -0.2) is 76.6 Å². The summed E-state index contributed by atoms with van der Waals surface area (Å²) in [7, 11) is 0. The fourth-order valence-corrected chi connectivity index (χ4v) is 6.50. The number of fused-ring (bicyclic) bond motifs is 1. The molecular formula is C37H42N8O2. The van der Waals surface area contributed by atoms with Gasteiger partial charge in [-0.15, -0.1) is 0 Å². The number of nitrogens with zero attached hydrogens (tertiary/aromatic N) is 6. The minimum absolute atomic E-state index is 0.211. The molecule has 2 saturated heterocycles. The second-order valence-electron chi connectivity index (χ2n) is 12.3. The van der Waals surface area contributed by atoms with Crippen LogP contribution >= 0.6 is 0 Å². The van der Waals surface area contributed by atoms with Gasteiger partial charge in [0.05, 0.1) is 30.8 Å². The van der Waals surface area contributed by atoms with Crippen LogP contribution in [-0.2, 0) is 17.7 Å². The van der Waals surface area contributed by atoms with Crippen LogP contribution in [0.1, 0.15) is 36.4 Å². The third-order valence-electron chi connectivity index (χ3n) is 9.07. The Morgan fingerprint density at radius 2 is 1.53 bits per heavy atom. The number of likely N-dealkylation sites (tertiary alicyclic amines) is 1. The predicted octanol–water partition coefficient (Wildman–Crippen LogP) is 5.92. The van der Waals surface area contributed by atoms with Crippen molar-refractivity contribution in [2.45, 2.75) is 38.3 Å². The number of amides is 2. The van der Waals surface area contributed by atoms with E-state index in [1.165, 1.54) is 11.1 Å². The Morgan fingerprint density at radius 1 is 0.830 bits per heavy atom. The number of benzene rings is 3. The number of morpholine rings is 1. The van der Waals surface area contributed by atoms with Gasteiger partial charge in [-0.2, -0.15) is 5.10 Å². The van der Waals surface area contributed by atoms with E-state index in [1.807, 2.05) is 48.7 Å². The maximum Gasteiger partial charge on any atom is 0.319 e. The molecule has 10 heteroatoms. The Labute approximate surface area is 275 Å². The van der Waals surface area contributed by atoms with Crippen LogP contribution in [0.15, 0.2) is 91.1 Å². The third-order valence-corrected chi connectivity index (χ3v) is 9.07. The average Bonchev–Trinajstić information content (AvgIpc) is 3.56. The maximum atomic E-state index is 12.5. The number of nitrogens with one attached hydrogen (secondary N) is 2. The molecule has 0 unspecified atom stereocenters. The highest BCUT2D eigenvalue weighted by Crippen LogP contribution is 2.32. The highest BCUT2D eigenvalue weighted by molar-refractivity contribution is 5.90. The number of aromatic nitrogens is 4. The van der Waals surface area contributed by atoms with Gasteiger partial charge >= 0.3 is 6.03 Å². The molecule has 0 atom stereocenters. The van der Waals surface area contributed by atoms with E-state index in [0.717, 1.165) is 86.5 Å². The van der Waals surface area contributed by atoms with Crippen molar-refractivity contribution >= 4 is 28.6 Å². The monoisotopic (exact) mass is 630 g/mol. The lowest BCUT2D eigenvalue weighted by atomic mass is 10.0. The third kappa shape index (κ3) is 7.61. The molecule has 2 N–H and O–H groups in total. The Bertz CT molecular complexity index is 1750. The maximum absolute atomic E-state index is 12.5. The number of hydrogen-bond acceptors (Lipinski definition) is 7. The molecule has 2 amide bonds. The van der Waals surface area contributed by atoms with Crippen molar-refractivity contribution in [3.05, 3.63) is 102 Å². The zero-order chi connectivity index (χ0) is 31.8. The van der Waals surface area contributed by atoms with Crippen LogP contribution in [0.2, 0.25) is 0 Å². The number of anilines is 2. The molecule has 2 aliphatic rings. The number of piperidine rings is 1. The van der Waals surface area contributed by atoms with Crippen molar-refractivity contribution in [3.63, 3.8) is 0 Å². The number of aryl methyl sites for hydroxylation is 1. The zero-order valence-corrected chi connectivity index (χ0v) is 26.7. The SMILES string of the molecule is O=C(NCCCc1ccccc1)Nc1ccc(-c2nc(N3CCOCC3)c3cnn(C4CCN(Cc5ccccc5)CC4)c3n2)cc1. The molecule has 4 heterocycles. The highest BCUT2D eigenvalue weighted by atomic mass is 16.5. The molecule has 0 radical (unpaired) electrons. The van der Waals surface area contributed by atoms with Gasteiger partial charge in [0.15, 0.2) is 11.5 Å². The molecule has 47 heavy (non-hydrogen) atoms. The normalized spacial score (nSPS) is 16.0. The highest BCUT2D eigenvalue weighted by Gasteiger charge is 2.26. The topological polar surface area (TPSA) is 100 Å². The molecule has 2 aliphatic heterocycles. The Kier molecular flexibility index (Phi) is 9.67. The van der Waals surface area contributed by atoms with Gasteiger partial charge in [0.1, 0.15) is 5.82 Å². The van der Waals surface area contributed by atoms with Crippen molar-refractivity contribution in [1.82, 2.24) is 30.0 Å². The quantitative estimate of drug-likeness (QED) is 0.185. The van der Waals surface area contributed by atoms with Gasteiger partial charge in [-0.25, -0.2) is 19.4 Å². The van der Waals surface area contributed by atoms with Crippen LogP contribution in [0.4, 0.5) is 16.3 Å². The first-order valence-corrected chi connectivity index (χ1v) is 16.7. The van der Waals surface area contributed by atoms with Crippen molar-refractivity contribution in [3.8, 4) is 11.4 Å². The fourth-order valence-electron chi connectivity index (χ4n) is 6.50. The molecule has 0 saturated carbocycles. The van der Waals surface area contributed by atoms with Gasteiger partial charge in [0.2, 0.25) is 0 Å². The molecule has 0 aliphatic carbocycles. The van der Waals surface area contributed by atoms with E-state index in [2.05, 4.69) is 67.6 Å². The van der Waals surface area contributed by atoms with Crippen LogP contribution in [0.3, 0.4) is 0 Å². The molecule has 0 bridgehead atoms. The summed E-state index contributed by atoms with van der Waals surface area (Å²) in [5, 5.41) is 11.8. The summed E-state index contributed by atoms with van der Waals surface area (Å²) in [6, 6.07) is 28.8. The Hall–Kier alpha value is -4.80. The van der Waals surface area contributed by atoms with Gasteiger partial charge in [-0.05, 0) is 61.1 Å². The second kappa shape index (κ2) is 14.7. The minimum atomic E-state index is -0.211. The molecule has 7 rings (SSSR count). The molecule has 0 spiro atoms. The molecule has 242 valence electrons.